The number of allylic oxidation sites excluding steroid dienone is 1. The quantitative estimate of drug-likeness (QED) is 0.588. The summed E-state index contributed by atoms with van der Waals surface area (Å²) in [7, 11) is 1.61. The normalized spacial score (nSPS) is 10.6. The number of amides is 1. The molecule has 1 heterocycles. The Morgan fingerprint density at radius 1 is 1.38 bits per heavy atom. The number of benzene rings is 1. The Hall–Kier alpha value is -2.12. The van der Waals surface area contributed by atoms with Crippen LogP contribution in [0.25, 0.3) is 0 Å². The average molecular weight is 346 g/mol. The largest absolute Gasteiger partial charge is 0.377 e. The van der Waals surface area contributed by atoms with Crippen molar-refractivity contribution in [3.8, 4) is 0 Å². The van der Waals surface area contributed by atoms with Crippen LogP contribution < -0.4 is 5.32 Å². The molecule has 0 bridgehead atoms. The summed E-state index contributed by atoms with van der Waals surface area (Å²) < 4.78 is 7.00. The topological polar surface area (TPSA) is 69.0 Å². The Morgan fingerprint density at radius 2 is 2.17 bits per heavy atom. The van der Waals surface area contributed by atoms with Crippen LogP contribution in [0.15, 0.2) is 36.0 Å². The molecule has 0 aliphatic carbocycles. The SMILES string of the molecule is C=CCn1c(COC)nnc1SCC(=O)Nc1ccc(C)c(C)c1. The first kappa shape index (κ1) is 18.2. The molecule has 2 aromatic rings. The van der Waals surface area contributed by atoms with E-state index in [1.54, 1.807) is 13.2 Å². The number of carbonyl (C=O) groups excluding carboxylic acids is 1. The molecule has 7 heteroatoms. The zero-order valence-electron chi connectivity index (χ0n) is 14.2. The molecule has 0 atom stereocenters. The van der Waals surface area contributed by atoms with Gasteiger partial charge in [0, 0.05) is 19.3 Å². The number of methoxy groups -OCH3 is 1. The summed E-state index contributed by atoms with van der Waals surface area (Å²) >= 11 is 1.34. The molecular formula is C17H22N4O2S. The van der Waals surface area contributed by atoms with Crippen LogP contribution in [0, 0.1) is 13.8 Å². The number of hydrogen-bond acceptors (Lipinski definition) is 5. The van der Waals surface area contributed by atoms with Crippen molar-refractivity contribution < 1.29 is 9.53 Å². The van der Waals surface area contributed by atoms with Gasteiger partial charge in [-0.2, -0.15) is 0 Å². The van der Waals surface area contributed by atoms with Gasteiger partial charge < -0.3 is 14.6 Å². The van der Waals surface area contributed by atoms with Gasteiger partial charge in [0.2, 0.25) is 5.91 Å². The first-order valence-corrected chi connectivity index (χ1v) is 8.55. The highest BCUT2D eigenvalue weighted by atomic mass is 32.2. The van der Waals surface area contributed by atoms with E-state index in [9.17, 15) is 4.79 Å². The molecule has 24 heavy (non-hydrogen) atoms. The van der Waals surface area contributed by atoms with E-state index >= 15 is 0 Å². The summed E-state index contributed by atoms with van der Waals surface area (Å²) in [4.78, 5) is 12.1. The van der Waals surface area contributed by atoms with Gasteiger partial charge in [0.15, 0.2) is 11.0 Å². The van der Waals surface area contributed by atoms with Crippen molar-refractivity contribution in [2.24, 2.45) is 0 Å². The summed E-state index contributed by atoms with van der Waals surface area (Å²) in [6.07, 6.45) is 1.77. The number of aromatic nitrogens is 3. The Balaban J connectivity index is 1.98. The lowest BCUT2D eigenvalue weighted by Gasteiger charge is -2.09. The average Bonchev–Trinajstić information content (AvgIpc) is 2.92. The van der Waals surface area contributed by atoms with Gasteiger partial charge in [-0.05, 0) is 37.1 Å². The van der Waals surface area contributed by atoms with E-state index in [0.717, 1.165) is 17.1 Å². The van der Waals surface area contributed by atoms with Gasteiger partial charge in [-0.15, -0.1) is 16.8 Å². The van der Waals surface area contributed by atoms with E-state index in [4.69, 9.17) is 4.74 Å². The first-order valence-electron chi connectivity index (χ1n) is 7.57. The van der Waals surface area contributed by atoms with Crippen molar-refractivity contribution in [2.75, 3.05) is 18.2 Å². The summed E-state index contributed by atoms with van der Waals surface area (Å²) in [5.74, 6) is 0.897. The highest BCUT2D eigenvalue weighted by Crippen LogP contribution is 2.19. The van der Waals surface area contributed by atoms with Crippen LogP contribution in [-0.4, -0.2) is 33.5 Å². The molecule has 0 spiro atoms. The number of ether oxygens (including phenoxy) is 1. The van der Waals surface area contributed by atoms with Crippen LogP contribution in [0.2, 0.25) is 0 Å². The summed E-state index contributed by atoms with van der Waals surface area (Å²) in [6.45, 7) is 8.75. The summed E-state index contributed by atoms with van der Waals surface area (Å²) in [5.41, 5.74) is 3.15. The minimum atomic E-state index is -0.0790. The zero-order chi connectivity index (χ0) is 17.5. The summed E-state index contributed by atoms with van der Waals surface area (Å²) in [5, 5.41) is 11.8. The van der Waals surface area contributed by atoms with E-state index in [2.05, 4.69) is 22.1 Å². The Labute approximate surface area is 146 Å². The van der Waals surface area contributed by atoms with Crippen LogP contribution in [0.1, 0.15) is 17.0 Å². The van der Waals surface area contributed by atoms with Gasteiger partial charge in [0.1, 0.15) is 6.61 Å². The molecule has 128 valence electrons. The number of aryl methyl sites for hydroxylation is 2. The third-order valence-corrected chi connectivity index (χ3v) is 4.47. The first-order chi connectivity index (χ1) is 11.5. The Bertz CT molecular complexity index is 727. The summed E-state index contributed by atoms with van der Waals surface area (Å²) in [6, 6.07) is 5.87. The molecule has 1 N–H and O–H groups in total. The second-order valence-corrected chi connectivity index (χ2v) is 6.31. The smallest absolute Gasteiger partial charge is 0.234 e. The van der Waals surface area contributed by atoms with E-state index in [-0.39, 0.29) is 11.7 Å². The fraction of sp³-hybridized carbons (Fsp3) is 0.353. The molecule has 2 rings (SSSR count). The highest BCUT2D eigenvalue weighted by Gasteiger charge is 2.13. The van der Waals surface area contributed by atoms with Gasteiger partial charge in [-0.3, -0.25) is 4.79 Å². The van der Waals surface area contributed by atoms with Crippen LogP contribution in [0.4, 0.5) is 5.69 Å². The van der Waals surface area contributed by atoms with Crippen LogP contribution >= 0.6 is 11.8 Å². The van der Waals surface area contributed by atoms with Crippen molar-refractivity contribution in [1.29, 1.82) is 0 Å². The number of nitrogens with zero attached hydrogens (tertiary/aromatic N) is 3. The second kappa shape index (κ2) is 8.65. The van der Waals surface area contributed by atoms with Gasteiger partial charge in [-0.1, -0.05) is 23.9 Å². The maximum Gasteiger partial charge on any atom is 0.234 e. The van der Waals surface area contributed by atoms with Crippen molar-refractivity contribution in [2.45, 2.75) is 32.2 Å². The van der Waals surface area contributed by atoms with Gasteiger partial charge in [0.25, 0.3) is 0 Å². The van der Waals surface area contributed by atoms with Crippen LogP contribution in [0.3, 0.4) is 0 Å². The lowest BCUT2D eigenvalue weighted by Crippen LogP contribution is -2.15. The lowest BCUT2D eigenvalue weighted by atomic mass is 10.1. The molecule has 0 aliphatic heterocycles. The van der Waals surface area contributed by atoms with Crippen LogP contribution in [-0.2, 0) is 22.7 Å². The third-order valence-electron chi connectivity index (χ3n) is 3.50. The second-order valence-electron chi connectivity index (χ2n) is 5.37. The van der Waals surface area contributed by atoms with Crippen molar-refractivity contribution in [3.05, 3.63) is 47.8 Å². The predicted molar refractivity (Wildman–Crippen MR) is 96.2 cm³/mol. The number of anilines is 1. The molecule has 1 amide bonds. The van der Waals surface area contributed by atoms with E-state index in [1.807, 2.05) is 36.6 Å². The number of carbonyl (C=O) groups is 1. The number of nitrogens with one attached hydrogen (secondary N) is 1. The minimum absolute atomic E-state index is 0.0790. The molecule has 0 aliphatic rings. The van der Waals surface area contributed by atoms with Gasteiger partial charge in [0.05, 0.1) is 5.75 Å². The van der Waals surface area contributed by atoms with Crippen molar-refractivity contribution >= 4 is 23.4 Å². The van der Waals surface area contributed by atoms with E-state index < -0.39 is 0 Å². The monoisotopic (exact) mass is 346 g/mol. The molecule has 0 radical (unpaired) electrons. The van der Waals surface area contributed by atoms with Gasteiger partial charge in [-0.25, -0.2) is 0 Å². The highest BCUT2D eigenvalue weighted by molar-refractivity contribution is 7.99. The van der Waals surface area contributed by atoms with Crippen molar-refractivity contribution in [1.82, 2.24) is 14.8 Å². The molecule has 0 saturated carbocycles. The Morgan fingerprint density at radius 3 is 2.83 bits per heavy atom. The fourth-order valence-electron chi connectivity index (χ4n) is 2.12. The van der Waals surface area contributed by atoms with E-state index in [0.29, 0.717) is 18.3 Å². The standard InChI is InChI=1S/C17H22N4O2S/c1-5-8-21-15(10-23-4)19-20-17(21)24-11-16(22)18-14-7-6-12(2)13(3)9-14/h5-7,9H,1,8,10-11H2,2-4H3,(H,18,22). The lowest BCUT2D eigenvalue weighted by molar-refractivity contribution is -0.113. The molecule has 6 nitrogen and oxygen atoms in total. The maximum absolute atomic E-state index is 12.1. The molecule has 0 unspecified atom stereocenters. The number of thioether (sulfide) groups is 1. The Kier molecular flexibility index (Phi) is 6.57. The zero-order valence-corrected chi connectivity index (χ0v) is 15.0. The molecular weight excluding hydrogens is 324 g/mol. The van der Waals surface area contributed by atoms with Crippen LogP contribution in [0.5, 0.6) is 0 Å². The number of rotatable bonds is 8. The van der Waals surface area contributed by atoms with Crippen molar-refractivity contribution in [3.63, 3.8) is 0 Å². The third kappa shape index (κ3) is 4.69. The minimum Gasteiger partial charge on any atom is -0.377 e. The number of hydrogen-bond donors (Lipinski definition) is 1. The fourth-order valence-corrected chi connectivity index (χ4v) is 2.89. The van der Waals surface area contributed by atoms with E-state index in [1.165, 1.54) is 17.3 Å². The molecule has 0 saturated heterocycles. The van der Waals surface area contributed by atoms with Gasteiger partial charge >= 0.3 is 0 Å². The molecule has 0 fully saturated rings. The maximum atomic E-state index is 12.1. The molecule has 1 aromatic heterocycles. The predicted octanol–water partition coefficient (Wildman–Crippen LogP) is 2.96. The molecule has 1 aromatic carbocycles.